The SMILES string of the molecule is C=C/C(N)=C(\C=C/C)[N+](=O)[O-]. The molecule has 0 bridgehead atoms. The molecule has 0 unspecified atom stereocenters. The van der Waals surface area contributed by atoms with Crippen LogP contribution in [0, 0.1) is 10.1 Å². The van der Waals surface area contributed by atoms with E-state index in [1.165, 1.54) is 12.2 Å². The van der Waals surface area contributed by atoms with Gasteiger partial charge in [-0.2, -0.15) is 0 Å². The van der Waals surface area contributed by atoms with Crippen LogP contribution in [0.3, 0.4) is 0 Å². The van der Waals surface area contributed by atoms with Crippen molar-refractivity contribution >= 4 is 0 Å². The summed E-state index contributed by atoms with van der Waals surface area (Å²) in [4.78, 5) is 9.71. The highest BCUT2D eigenvalue weighted by Gasteiger charge is 2.08. The normalized spacial score (nSPS) is 12.8. The zero-order valence-electron chi connectivity index (χ0n) is 6.28. The van der Waals surface area contributed by atoms with E-state index in [-0.39, 0.29) is 11.4 Å². The van der Waals surface area contributed by atoms with Gasteiger partial charge in [-0.3, -0.25) is 10.1 Å². The minimum Gasteiger partial charge on any atom is -0.393 e. The van der Waals surface area contributed by atoms with Crippen molar-refractivity contribution in [2.24, 2.45) is 5.73 Å². The third-order valence-corrected chi connectivity index (χ3v) is 1.04. The maximum absolute atomic E-state index is 10.3. The molecular formula is C7H10N2O2. The van der Waals surface area contributed by atoms with Crippen molar-refractivity contribution in [3.63, 3.8) is 0 Å². The number of allylic oxidation sites excluding steroid dienone is 3. The van der Waals surface area contributed by atoms with Gasteiger partial charge in [0, 0.05) is 6.08 Å². The smallest absolute Gasteiger partial charge is 0.291 e. The molecule has 11 heavy (non-hydrogen) atoms. The lowest BCUT2D eigenvalue weighted by Gasteiger charge is -1.92. The summed E-state index contributed by atoms with van der Waals surface area (Å²) in [7, 11) is 0. The third-order valence-electron chi connectivity index (χ3n) is 1.04. The Morgan fingerprint density at radius 2 is 2.27 bits per heavy atom. The van der Waals surface area contributed by atoms with Gasteiger partial charge in [0.15, 0.2) is 0 Å². The monoisotopic (exact) mass is 154 g/mol. The molecule has 0 spiro atoms. The highest BCUT2D eigenvalue weighted by molar-refractivity contribution is 5.23. The maximum atomic E-state index is 10.3. The zero-order chi connectivity index (χ0) is 8.85. The van der Waals surface area contributed by atoms with Gasteiger partial charge in [0.25, 0.3) is 5.70 Å². The van der Waals surface area contributed by atoms with Gasteiger partial charge in [-0.05, 0) is 13.0 Å². The van der Waals surface area contributed by atoms with Gasteiger partial charge in [-0.1, -0.05) is 12.7 Å². The Morgan fingerprint density at radius 3 is 2.55 bits per heavy atom. The summed E-state index contributed by atoms with van der Waals surface area (Å²) in [6, 6.07) is 0. The summed E-state index contributed by atoms with van der Waals surface area (Å²) in [6.07, 6.45) is 4.13. The van der Waals surface area contributed by atoms with E-state index in [2.05, 4.69) is 6.58 Å². The second-order valence-corrected chi connectivity index (χ2v) is 1.80. The van der Waals surface area contributed by atoms with E-state index >= 15 is 0 Å². The highest BCUT2D eigenvalue weighted by atomic mass is 16.6. The summed E-state index contributed by atoms with van der Waals surface area (Å²) in [5.41, 5.74) is 5.23. The van der Waals surface area contributed by atoms with Crippen molar-refractivity contribution in [1.29, 1.82) is 0 Å². The van der Waals surface area contributed by atoms with Crippen molar-refractivity contribution in [3.05, 3.63) is 46.3 Å². The standard InChI is InChI=1S/C7H10N2O2/c1-3-5-7(9(10)11)6(8)4-2/h3-5H,2,8H2,1H3/b5-3-,7-6-. The highest BCUT2D eigenvalue weighted by Crippen LogP contribution is 2.02. The van der Waals surface area contributed by atoms with Gasteiger partial charge in [0.2, 0.25) is 0 Å². The van der Waals surface area contributed by atoms with Crippen molar-refractivity contribution in [1.82, 2.24) is 0 Å². The van der Waals surface area contributed by atoms with E-state index in [1.807, 2.05) is 0 Å². The summed E-state index contributed by atoms with van der Waals surface area (Å²) >= 11 is 0. The van der Waals surface area contributed by atoms with E-state index in [1.54, 1.807) is 13.0 Å². The van der Waals surface area contributed by atoms with Crippen LogP contribution in [0.25, 0.3) is 0 Å². The number of hydrogen-bond acceptors (Lipinski definition) is 3. The third kappa shape index (κ3) is 2.66. The minimum absolute atomic E-state index is 0.0769. The van der Waals surface area contributed by atoms with E-state index in [0.29, 0.717) is 0 Å². The van der Waals surface area contributed by atoms with E-state index < -0.39 is 4.92 Å². The van der Waals surface area contributed by atoms with Crippen LogP contribution in [0.4, 0.5) is 0 Å². The lowest BCUT2D eigenvalue weighted by Crippen LogP contribution is -2.05. The van der Waals surface area contributed by atoms with E-state index in [4.69, 9.17) is 5.73 Å². The Hall–Kier alpha value is -1.58. The number of nitrogens with zero attached hydrogens (tertiary/aromatic N) is 1. The van der Waals surface area contributed by atoms with Gasteiger partial charge in [0.1, 0.15) is 5.70 Å². The van der Waals surface area contributed by atoms with Crippen LogP contribution >= 0.6 is 0 Å². The van der Waals surface area contributed by atoms with E-state index in [9.17, 15) is 10.1 Å². The van der Waals surface area contributed by atoms with Crippen LogP contribution in [0.2, 0.25) is 0 Å². The van der Waals surface area contributed by atoms with E-state index in [0.717, 1.165) is 0 Å². The first-order chi connectivity index (χ1) is 5.13. The van der Waals surface area contributed by atoms with Crippen LogP contribution < -0.4 is 5.73 Å². The minimum atomic E-state index is -0.545. The molecule has 0 aromatic heterocycles. The first-order valence-corrected chi connectivity index (χ1v) is 3.02. The maximum Gasteiger partial charge on any atom is 0.291 e. The Labute approximate surface area is 64.9 Å². The molecule has 2 N–H and O–H groups in total. The second-order valence-electron chi connectivity index (χ2n) is 1.80. The molecule has 0 aromatic rings. The Morgan fingerprint density at radius 1 is 1.73 bits per heavy atom. The molecule has 0 aliphatic rings. The second kappa shape index (κ2) is 4.27. The predicted octanol–water partition coefficient (Wildman–Crippen LogP) is 1.20. The van der Waals surface area contributed by atoms with Crippen LogP contribution in [-0.4, -0.2) is 4.92 Å². The molecule has 4 nitrogen and oxygen atoms in total. The Balaban J connectivity index is 4.87. The number of rotatable bonds is 3. The number of nitrogens with two attached hydrogens (primary N) is 1. The van der Waals surface area contributed by atoms with Gasteiger partial charge in [-0.25, -0.2) is 0 Å². The molecule has 4 heteroatoms. The molecule has 0 amide bonds. The number of hydrogen-bond donors (Lipinski definition) is 1. The zero-order valence-corrected chi connectivity index (χ0v) is 6.28. The van der Waals surface area contributed by atoms with Crippen molar-refractivity contribution in [2.45, 2.75) is 6.92 Å². The van der Waals surface area contributed by atoms with Crippen LogP contribution in [0.5, 0.6) is 0 Å². The first-order valence-electron chi connectivity index (χ1n) is 3.02. The fraction of sp³-hybridized carbons (Fsp3) is 0.143. The Bertz CT molecular complexity index is 229. The summed E-state index contributed by atoms with van der Waals surface area (Å²) in [5, 5.41) is 10.3. The molecule has 0 radical (unpaired) electrons. The van der Waals surface area contributed by atoms with Gasteiger partial charge in [0.05, 0.1) is 4.92 Å². The van der Waals surface area contributed by atoms with Crippen molar-refractivity contribution in [2.75, 3.05) is 0 Å². The summed E-state index contributed by atoms with van der Waals surface area (Å²) in [6.45, 7) is 5.01. The molecule has 60 valence electrons. The topological polar surface area (TPSA) is 69.2 Å². The predicted molar refractivity (Wildman–Crippen MR) is 43.2 cm³/mol. The molecule has 0 atom stereocenters. The van der Waals surface area contributed by atoms with Crippen LogP contribution in [0.15, 0.2) is 36.2 Å². The lowest BCUT2D eigenvalue weighted by atomic mass is 10.3. The molecule has 0 aliphatic heterocycles. The van der Waals surface area contributed by atoms with Crippen molar-refractivity contribution in [3.8, 4) is 0 Å². The van der Waals surface area contributed by atoms with Gasteiger partial charge >= 0.3 is 0 Å². The molecule has 0 fully saturated rings. The molecule has 0 saturated heterocycles. The summed E-state index contributed by atoms with van der Waals surface area (Å²) < 4.78 is 0. The van der Waals surface area contributed by atoms with Gasteiger partial charge in [-0.15, -0.1) is 0 Å². The molecule has 0 saturated carbocycles. The quantitative estimate of drug-likeness (QED) is 0.377. The molecular weight excluding hydrogens is 144 g/mol. The van der Waals surface area contributed by atoms with Crippen molar-refractivity contribution < 1.29 is 4.92 Å². The fourth-order valence-corrected chi connectivity index (χ4v) is 0.525. The van der Waals surface area contributed by atoms with Crippen LogP contribution in [-0.2, 0) is 0 Å². The number of nitro groups is 1. The average Bonchev–Trinajstić information content (AvgIpc) is 1.98. The van der Waals surface area contributed by atoms with Gasteiger partial charge < -0.3 is 5.73 Å². The largest absolute Gasteiger partial charge is 0.393 e. The Kier molecular flexibility index (Phi) is 3.66. The molecule has 0 aliphatic carbocycles. The molecule has 0 aromatic carbocycles. The average molecular weight is 154 g/mol. The summed E-state index contributed by atoms with van der Waals surface area (Å²) in [5.74, 6) is 0. The van der Waals surface area contributed by atoms with Crippen LogP contribution in [0.1, 0.15) is 6.92 Å². The fourth-order valence-electron chi connectivity index (χ4n) is 0.525. The molecule has 0 rings (SSSR count). The first kappa shape index (κ1) is 9.42. The molecule has 0 heterocycles. The lowest BCUT2D eigenvalue weighted by molar-refractivity contribution is -0.420.